The van der Waals surface area contributed by atoms with Gasteiger partial charge in [-0.2, -0.15) is 0 Å². The van der Waals surface area contributed by atoms with E-state index in [0.29, 0.717) is 16.2 Å². The summed E-state index contributed by atoms with van der Waals surface area (Å²) in [6.07, 6.45) is 4.85. The highest BCUT2D eigenvalue weighted by Gasteiger charge is 2.36. The van der Waals surface area contributed by atoms with Crippen LogP contribution in [0.3, 0.4) is 0 Å². The third-order valence-electron chi connectivity index (χ3n) is 4.81. The first-order valence-corrected chi connectivity index (χ1v) is 9.62. The van der Waals surface area contributed by atoms with Gasteiger partial charge in [-0.15, -0.1) is 0 Å². The number of ketones is 1. The summed E-state index contributed by atoms with van der Waals surface area (Å²) in [5, 5.41) is 11.3. The fraction of sp³-hybridized carbons (Fsp3) is 0.526. The predicted octanol–water partition coefficient (Wildman–Crippen LogP) is 4.77. The molecule has 0 unspecified atom stereocenters. The number of likely N-dealkylation sites (tertiary alicyclic amines) is 1. The largest absolute Gasteiger partial charge is 0.374 e. The Morgan fingerprint density at radius 1 is 1.12 bits per heavy atom. The summed E-state index contributed by atoms with van der Waals surface area (Å²) in [5.41, 5.74) is 1.09. The van der Waals surface area contributed by atoms with Crippen LogP contribution >= 0.6 is 11.8 Å². The van der Waals surface area contributed by atoms with Gasteiger partial charge in [0.25, 0.3) is 5.69 Å². The SMILES string of the molecule is CC1(C)CC(=O)C(Sc2ccccc2[N+](=O)[O-])=C(N2CCCCC2)C1. The summed E-state index contributed by atoms with van der Waals surface area (Å²) < 4.78 is 0. The third kappa shape index (κ3) is 4.06. The molecule has 1 aliphatic carbocycles. The molecule has 0 bridgehead atoms. The Bertz CT molecular complexity index is 721. The second-order valence-electron chi connectivity index (χ2n) is 7.59. The number of benzene rings is 1. The highest BCUT2D eigenvalue weighted by Crippen LogP contribution is 2.45. The molecule has 3 rings (SSSR count). The van der Waals surface area contributed by atoms with Gasteiger partial charge in [-0.1, -0.05) is 37.7 Å². The van der Waals surface area contributed by atoms with Gasteiger partial charge in [-0.25, -0.2) is 0 Å². The number of para-hydroxylation sites is 1. The molecular formula is C19H24N2O3S. The Balaban J connectivity index is 2.00. The van der Waals surface area contributed by atoms with Gasteiger partial charge in [-0.3, -0.25) is 14.9 Å². The molecule has 0 N–H and O–H groups in total. The standard InChI is InChI=1S/C19H24N2O3S/c1-19(2)12-15(20-10-6-3-7-11-20)18(16(22)13-19)25-17-9-5-4-8-14(17)21(23)24/h4-5,8-9H,3,6-7,10-13H2,1-2H3. The molecule has 6 heteroatoms. The lowest BCUT2D eigenvalue weighted by Crippen LogP contribution is -2.36. The first-order valence-electron chi connectivity index (χ1n) is 8.80. The lowest BCUT2D eigenvalue weighted by Gasteiger charge is -2.39. The van der Waals surface area contributed by atoms with E-state index < -0.39 is 0 Å². The predicted molar refractivity (Wildman–Crippen MR) is 99.4 cm³/mol. The number of carbonyl (C=O) groups is 1. The molecule has 134 valence electrons. The van der Waals surface area contributed by atoms with Crippen molar-refractivity contribution in [3.8, 4) is 0 Å². The van der Waals surface area contributed by atoms with Crippen molar-refractivity contribution in [3.63, 3.8) is 0 Å². The molecule has 1 aromatic rings. The van der Waals surface area contributed by atoms with Crippen LogP contribution in [0, 0.1) is 15.5 Å². The maximum atomic E-state index is 12.9. The van der Waals surface area contributed by atoms with Gasteiger partial charge >= 0.3 is 0 Å². The van der Waals surface area contributed by atoms with Crippen LogP contribution in [0.15, 0.2) is 39.8 Å². The quantitative estimate of drug-likeness (QED) is 0.571. The number of nitro groups is 1. The monoisotopic (exact) mass is 360 g/mol. The Kier molecular flexibility index (Phi) is 5.18. The molecule has 5 nitrogen and oxygen atoms in total. The molecule has 0 saturated carbocycles. The van der Waals surface area contributed by atoms with E-state index >= 15 is 0 Å². The molecule has 25 heavy (non-hydrogen) atoms. The topological polar surface area (TPSA) is 63.4 Å². The second kappa shape index (κ2) is 7.20. The molecule has 1 saturated heterocycles. The van der Waals surface area contributed by atoms with Crippen LogP contribution in [0.5, 0.6) is 0 Å². The average Bonchev–Trinajstić information content (AvgIpc) is 2.57. The Labute approximate surface area is 152 Å². The number of nitrogens with zero attached hydrogens (tertiary/aromatic N) is 2. The lowest BCUT2D eigenvalue weighted by molar-refractivity contribution is -0.387. The second-order valence-corrected chi connectivity index (χ2v) is 8.64. The molecule has 1 heterocycles. The first-order chi connectivity index (χ1) is 11.9. The number of piperidine rings is 1. The molecule has 0 spiro atoms. The van der Waals surface area contributed by atoms with Crippen LogP contribution in [-0.2, 0) is 4.79 Å². The van der Waals surface area contributed by atoms with Crippen molar-refractivity contribution in [1.29, 1.82) is 0 Å². The third-order valence-corrected chi connectivity index (χ3v) is 6.04. The van der Waals surface area contributed by atoms with Crippen molar-refractivity contribution in [2.75, 3.05) is 13.1 Å². The highest BCUT2D eigenvalue weighted by molar-refractivity contribution is 8.04. The van der Waals surface area contributed by atoms with E-state index in [-0.39, 0.29) is 21.8 Å². The normalized spacial score (nSPS) is 20.7. The van der Waals surface area contributed by atoms with Gasteiger partial charge in [0.1, 0.15) is 0 Å². The number of hydrogen-bond donors (Lipinski definition) is 0. The molecule has 1 aliphatic heterocycles. The van der Waals surface area contributed by atoms with E-state index in [9.17, 15) is 14.9 Å². The summed E-state index contributed by atoms with van der Waals surface area (Å²) in [7, 11) is 0. The van der Waals surface area contributed by atoms with E-state index in [1.54, 1.807) is 18.2 Å². The molecule has 2 aliphatic rings. The Morgan fingerprint density at radius 3 is 2.48 bits per heavy atom. The summed E-state index contributed by atoms with van der Waals surface area (Å²) in [6, 6.07) is 6.68. The zero-order valence-corrected chi connectivity index (χ0v) is 15.6. The minimum absolute atomic E-state index is 0.0590. The fourth-order valence-electron chi connectivity index (χ4n) is 3.61. The van der Waals surface area contributed by atoms with Crippen LogP contribution in [0.2, 0.25) is 0 Å². The number of allylic oxidation sites excluding steroid dienone is 2. The summed E-state index contributed by atoms with van der Waals surface area (Å²) in [5.74, 6) is 0.111. The number of hydrogen-bond acceptors (Lipinski definition) is 5. The van der Waals surface area contributed by atoms with Crippen molar-refractivity contribution < 1.29 is 9.72 Å². The molecule has 0 radical (unpaired) electrons. The van der Waals surface area contributed by atoms with E-state index in [1.165, 1.54) is 24.2 Å². The minimum Gasteiger partial charge on any atom is -0.374 e. The van der Waals surface area contributed by atoms with Crippen molar-refractivity contribution in [1.82, 2.24) is 4.90 Å². The summed E-state index contributed by atoms with van der Waals surface area (Å²) in [6.45, 7) is 6.20. The number of Topliss-reactive ketones (excluding diaryl/α,β-unsaturated/α-hetero) is 1. The summed E-state index contributed by atoms with van der Waals surface area (Å²) >= 11 is 1.28. The smallest absolute Gasteiger partial charge is 0.283 e. The number of nitro benzene ring substituents is 1. The molecule has 1 aromatic carbocycles. The van der Waals surface area contributed by atoms with Crippen molar-refractivity contribution in [2.45, 2.75) is 50.8 Å². The molecule has 0 atom stereocenters. The Hall–Kier alpha value is -1.82. The summed E-state index contributed by atoms with van der Waals surface area (Å²) in [4.78, 5) is 27.4. The van der Waals surface area contributed by atoms with Crippen LogP contribution < -0.4 is 0 Å². The number of carbonyl (C=O) groups excluding carboxylic acids is 1. The van der Waals surface area contributed by atoms with Crippen LogP contribution in [0.1, 0.15) is 46.0 Å². The lowest BCUT2D eigenvalue weighted by atomic mass is 9.78. The molecule has 0 aromatic heterocycles. The highest BCUT2D eigenvalue weighted by atomic mass is 32.2. The van der Waals surface area contributed by atoms with Gasteiger partial charge in [0.15, 0.2) is 5.78 Å². The van der Waals surface area contributed by atoms with E-state index in [2.05, 4.69) is 18.7 Å². The fourth-order valence-corrected chi connectivity index (χ4v) is 4.73. The molecule has 0 amide bonds. The van der Waals surface area contributed by atoms with Crippen molar-refractivity contribution >= 4 is 23.2 Å². The van der Waals surface area contributed by atoms with Gasteiger partial charge in [0, 0.05) is 31.3 Å². The zero-order valence-electron chi connectivity index (χ0n) is 14.8. The van der Waals surface area contributed by atoms with Gasteiger partial charge < -0.3 is 4.90 Å². The average molecular weight is 360 g/mol. The minimum atomic E-state index is -0.374. The Morgan fingerprint density at radius 2 is 1.80 bits per heavy atom. The van der Waals surface area contributed by atoms with Crippen molar-refractivity contribution in [3.05, 3.63) is 45.0 Å². The van der Waals surface area contributed by atoms with Gasteiger partial charge in [0.05, 0.1) is 14.7 Å². The van der Waals surface area contributed by atoms with Gasteiger partial charge in [0.2, 0.25) is 0 Å². The van der Waals surface area contributed by atoms with Crippen LogP contribution in [0.4, 0.5) is 5.69 Å². The van der Waals surface area contributed by atoms with E-state index in [0.717, 1.165) is 38.0 Å². The number of rotatable bonds is 4. The maximum absolute atomic E-state index is 12.9. The van der Waals surface area contributed by atoms with Gasteiger partial charge in [-0.05, 0) is 37.2 Å². The zero-order chi connectivity index (χ0) is 18.0. The first kappa shape index (κ1) is 18.0. The van der Waals surface area contributed by atoms with Crippen LogP contribution in [0.25, 0.3) is 0 Å². The van der Waals surface area contributed by atoms with E-state index in [1.807, 2.05) is 0 Å². The molecular weight excluding hydrogens is 336 g/mol. The van der Waals surface area contributed by atoms with Crippen LogP contribution in [-0.4, -0.2) is 28.7 Å². The number of thioether (sulfide) groups is 1. The maximum Gasteiger partial charge on any atom is 0.283 e. The molecule has 1 fully saturated rings. The van der Waals surface area contributed by atoms with Crippen molar-refractivity contribution in [2.24, 2.45) is 5.41 Å². The van der Waals surface area contributed by atoms with E-state index in [4.69, 9.17) is 0 Å².